The largest absolute Gasteiger partial charge is 0.508 e. The quantitative estimate of drug-likeness (QED) is 0.0647. The molecule has 6 bridgehead atoms. The van der Waals surface area contributed by atoms with Gasteiger partial charge in [0, 0.05) is 82.6 Å². The van der Waals surface area contributed by atoms with Gasteiger partial charge in [-0.3, -0.25) is 0 Å². The summed E-state index contributed by atoms with van der Waals surface area (Å²) in [7, 11) is 1.63. The van der Waals surface area contributed by atoms with Crippen molar-refractivity contribution in [1.82, 2.24) is 29.7 Å². The van der Waals surface area contributed by atoms with Crippen LogP contribution in [0.1, 0.15) is 88.9 Å². The van der Waals surface area contributed by atoms with Crippen molar-refractivity contribution in [2.24, 2.45) is 16.2 Å². The second-order valence-electron chi connectivity index (χ2n) is 20.3. The summed E-state index contributed by atoms with van der Waals surface area (Å²) in [5, 5.41) is 21.6. The lowest BCUT2D eigenvalue weighted by molar-refractivity contribution is -0.0305. The molecule has 0 amide bonds. The van der Waals surface area contributed by atoms with Crippen LogP contribution in [-0.2, 0) is 14.2 Å². The van der Waals surface area contributed by atoms with E-state index in [1.54, 1.807) is 50.0 Å². The monoisotopic (exact) mass is 1260 g/mol. The van der Waals surface area contributed by atoms with Crippen molar-refractivity contribution in [2.75, 3.05) is 85.8 Å². The number of nitrogens with zero attached hydrogens (tertiary/aromatic N) is 3. The average Bonchev–Trinajstić information content (AvgIpc) is 4.15. The van der Waals surface area contributed by atoms with Crippen LogP contribution in [0.3, 0.4) is 0 Å². The molecule has 73 heavy (non-hydrogen) atoms. The number of aromatic hydroxyl groups is 2. The zero-order valence-electron chi connectivity index (χ0n) is 40.5. The molecule has 9 aliphatic heterocycles. The van der Waals surface area contributed by atoms with Crippen LogP contribution < -0.4 is 4.74 Å². The zero-order chi connectivity index (χ0) is 48.8. The third-order valence-corrected chi connectivity index (χ3v) is 18.1. The van der Waals surface area contributed by atoms with Gasteiger partial charge in [-0.1, -0.05) is 0 Å². The Morgan fingerprint density at radius 1 is 0.479 bits per heavy atom. The number of hydrogen-bond donors (Lipinski definition) is 5. The molecule has 0 unspecified atom stereocenters. The van der Waals surface area contributed by atoms with Gasteiger partial charge in [0.05, 0.1) is 60.2 Å². The lowest BCUT2D eigenvalue weighted by Gasteiger charge is -2.47. The van der Waals surface area contributed by atoms with Crippen LogP contribution in [-0.4, -0.2) is 144 Å². The number of aromatic amines is 3. The highest BCUT2D eigenvalue weighted by atomic mass is 79.9. The minimum Gasteiger partial charge on any atom is -0.508 e. The van der Waals surface area contributed by atoms with E-state index < -0.39 is 0 Å². The molecule has 0 radical (unpaired) electrons. The minimum atomic E-state index is -0.301. The Bertz CT molecular complexity index is 2770. The van der Waals surface area contributed by atoms with Gasteiger partial charge in [-0.25, -0.2) is 14.4 Å². The van der Waals surface area contributed by atoms with Crippen molar-refractivity contribution in [1.29, 1.82) is 0 Å². The van der Waals surface area contributed by atoms with E-state index in [4.69, 9.17) is 18.9 Å². The highest BCUT2D eigenvalue weighted by Gasteiger charge is 2.43. The molecule has 12 heterocycles. The highest BCUT2D eigenvalue weighted by Crippen LogP contribution is 2.44. The number of phenols is 2. The van der Waals surface area contributed by atoms with Gasteiger partial charge < -0.3 is 58.8 Å². The predicted molar refractivity (Wildman–Crippen MR) is 299 cm³/mol. The number of carbonyl (C=O) groups is 3. The van der Waals surface area contributed by atoms with Gasteiger partial charge >= 0.3 is 17.9 Å². The molecule has 21 heteroatoms. The van der Waals surface area contributed by atoms with E-state index in [0.29, 0.717) is 56.5 Å². The van der Waals surface area contributed by atoms with E-state index in [9.17, 15) is 24.6 Å². The van der Waals surface area contributed by atoms with E-state index in [1.165, 1.54) is 0 Å². The maximum Gasteiger partial charge on any atom is 0.340 e. The summed E-state index contributed by atoms with van der Waals surface area (Å²) in [4.78, 5) is 54.3. The molecule has 6 aromatic rings. The Balaban J connectivity index is 0.000000157. The van der Waals surface area contributed by atoms with E-state index in [-0.39, 0.29) is 82.9 Å². The molecule has 3 aromatic carbocycles. The van der Waals surface area contributed by atoms with Crippen molar-refractivity contribution in [2.45, 2.75) is 57.8 Å². The summed E-state index contributed by atoms with van der Waals surface area (Å²) in [6, 6.07) is 10.1. The number of phenolic OH excluding ortho intramolecular Hbond substituents is 2. The lowest BCUT2D eigenvalue weighted by atomic mass is 9.73. The van der Waals surface area contributed by atoms with E-state index >= 15 is 0 Å². The zero-order valence-corrected chi connectivity index (χ0v) is 47.7. The van der Waals surface area contributed by atoms with Crippen LogP contribution in [0, 0.1) is 16.2 Å². The number of ether oxygens (including phenoxy) is 4. The van der Waals surface area contributed by atoms with Crippen molar-refractivity contribution >= 4 is 136 Å². The first-order valence-electron chi connectivity index (χ1n) is 24.3. The number of rotatable bonds is 10. The molecular formula is C52H62Br3Cl3N6O9. The SMILES string of the molecule is COc1cc(Br)c2c(C(=O)OCC34CCN(CC3)CC4)c[nH]c2c1.Cl.Cl.Cl.O=C(OCC12CCN(CC1)CC2)c1c[nH]c2cc(O)cc(Br)c12.O=C(OCC12CCN(CC1)CC2)c1c[nH]c2cc(O)cc(Br)c12. The summed E-state index contributed by atoms with van der Waals surface area (Å²) in [5.41, 5.74) is 4.42. The summed E-state index contributed by atoms with van der Waals surface area (Å²) in [6.07, 6.45) is 15.1. The predicted octanol–water partition coefficient (Wildman–Crippen LogP) is 11.4. The summed E-state index contributed by atoms with van der Waals surface area (Å²) in [6.45, 7) is 11.7. The van der Waals surface area contributed by atoms with Gasteiger partial charge in [0.25, 0.3) is 0 Å². The number of fused-ring (bicyclic) bond motifs is 12. The fraction of sp³-hybridized carbons (Fsp3) is 0.481. The fourth-order valence-electron chi connectivity index (χ4n) is 11.4. The molecule has 9 aliphatic rings. The van der Waals surface area contributed by atoms with Crippen LogP contribution in [0.2, 0.25) is 0 Å². The Hall–Kier alpha value is -3.72. The average molecular weight is 1260 g/mol. The number of H-pyrrole nitrogens is 3. The summed E-state index contributed by atoms with van der Waals surface area (Å²) in [5.74, 6) is 0.187. The van der Waals surface area contributed by atoms with Crippen molar-refractivity contribution in [3.05, 3.63) is 85.1 Å². The number of carbonyl (C=O) groups excluding carboxylic acids is 3. The number of nitrogens with one attached hydrogen (secondary N) is 3. The van der Waals surface area contributed by atoms with Crippen molar-refractivity contribution < 1.29 is 43.5 Å². The van der Waals surface area contributed by atoms with Gasteiger partial charge in [0.2, 0.25) is 0 Å². The fourth-order valence-corrected chi connectivity index (χ4v) is 13.4. The second kappa shape index (κ2) is 23.7. The van der Waals surface area contributed by atoms with Gasteiger partial charge in [-0.05, 0) is 183 Å². The van der Waals surface area contributed by atoms with E-state index in [0.717, 1.165) is 149 Å². The number of methoxy groups -OCH3 is 1. The standard InChI is InChI=1S/C18H21BrN2O3.2C17H19BrN2O3.3ClH/c1-23-12-8-14(19)16-13(10-20-15(16)9-12)17(22)24-11-18-2-5-21(6-3-18)7-4-18;2*18-13-7-11(21)8-14-15(13)12(9-19-14)16(22)23-10-17-1-4-20(5-2-17)6-3-17;;;/h8-10,20H,2-7,11H2,1H3;2*7-9,19,21H,1-6,10H2;3*1H. The lowest BCUT2D eigenvalue weighted by Crippen LogP contribution is -2.50. The van der Waals surface area contributed by atoms with Gasteiger partial charge in [-0.2, -0.15) is 0 Å². The maximum absolute atomic E-state index is 12.6. The van der Waals surface area contributed by atoms with Crippen LogP contribution in [0.5, 0.6) is 17.2 Å². The number of hydrogen-bond acceptors (Lipinski definition) is 12. The molecule has 9 fully saturated rings. The van der Waals surface area contributed by atoms with Crippen LogP contribution in [0.4, 0.5) is 0 Å². The van der Waals surface area contributed by atoms with Crippen molar-refractivity contribution in [3.8, 4) is 17.2 Å². The van der Waals surface area contributed by atoms with Crippen LogP contribution in [0.15, 0.2) is 68.4 Å². The third-order valence-electron chi connectivity index (χ3n) is 16.2. The molecule has 9 saturated heterocycles. The smallest absolute Gasteiger partial charge is 0.340 e. The molecular weight excluding hydrogens is 1200 g/mol. The first-order chi connectivity index (χ1) is 33.7. The molecule has 396 valence electrons. The maximum atomic E-state index is 12.6. The summed E-state index contributed by atoms with van der Waals surface area (Å²) >= 11 is 10.4. The van der Waals surface area contributed by atoms with E-state index in [2.05, 4.69) is 77.4 Å². The normalized spacial score (nSPS) is 25.2. The topological polar surface area (TPSA) is 186 Å². The Morgan fingerprint density at radius 2 is 0.753 bits per heavy atom. The number of piperidine rings is 9. The van der Waals surface area contributed by atoms with Gasteiger partial charge in [-0.15, -0.1) is 37.2 Å². The third kappa shape index (κ3) is 12.1. The van der Waals surface area contributed by atoms with Gasteiger partial charge in [0.1, 0.15) is 17.2 Å². The minimum absolute atomic E-state index is 0. The first kappa shape index (κ1) is 57.0. The molecule has 0 saturated carbocycles. The van der Waals surface area contributed by atoms with Crippen molar-refractivity contribution in [3.63, 3.8) is 0 Å². The number of benzene rings is 3. The number of aromatic nitrogens is 3. The van der Waals surface area contributed by atoms with Gasteiger partial charge in [0.15, 0.2) is 0 Å². The molecule has 0 atom stereocenters. The molecule has 0 aliphatic carbocycles. The first-order valence-corrected chi connectivity index (χ1v) is 26.6. The molecule has 3 aromatic heterocycles. The molecule has 15 rings (SSSR count). The molecule has 0 spiro atoms. The Labute approximate surface area is 467 Å². The highest BCUT2D eigenvalue weighted by molar-refractivity contribution is 9.11. The second-order valence-corrected chi connectivity index (χ2v) is 22.9. The Kier molecular flexibility index (Phi) is 18.5. The summed E-state index contributed by atoms with van der Waals surface area (Å²) < 4.78 is 24.5. The van der Waals surface area contributed by atoms with Crippen LogP contribution in [0.25, 0.3) is 32.7 Å². The van der Waals surface area contributed by atoms with E-state index in [1.807, 2.05) is 12.1 Å². The molecule has 15 nitrogen and oxygen atoms in total. The van der Waals surface area contributed by atoms with Crippen LogP contribution >= 0.6 is 85.0 Å². The number of esters is 3. The molecule has 5 N–H and O–H groups in total. The number of halogens is 6. The Morgan fingerprint density at radius 3 is 1.04 bits per heavy atom.